The lowest BCUT2D eigenvalue weighted by Gasteiger charge is -2.29. The van der Waals surface area contributed by atoms with Crippen molar-refractivity contribution in [1.82, 2.24) is 14.9 Å². The number of aliphatic imine (C=N–C) groups is 1. The number of nitrogens with two attached hydrogens (primary N) is 1. The number of benzene rings is 2. The molecule has 2 heterocycles. The van der Waals surface area contributed by atoms with Gasteiger partial charge in [0.15, 0.2) is 11.6 Å². The number of aromatic nitrogens is 2. The zero-order chi connectivity index (χ0) is 29.0. The largest absolute Gasteiger partial charge is 0.451 e. The second kappa shape index (κ2) is 11.9. The molecule has 0 unspecified atom stereocenters. The molecule has 12 heteroatoms. The van der Waals surface area contributed by atoms with Gasteiger partial charge in [-0.15, -0.1) is 0 Å². The number of halogens is 5. The highest BCUT2D eigenvalue weighted by molar-refractivity contribution is 6.16. The zero-order valence-corrected chi connectivity index (χ0v) is 21.1. The molecule has 0 radical (unpaired) electrons. The molecule has 7 nitrogen and oxygen atoms in total. The van der Waals surface area contributed by atoms with Crippen LogP contribution in [0, 0.1) is 46.8 Å². The van der Waals surface area contributed by atoms with E-state index < -0.39 is 40.6 Å². The summed E-state index contributed by atoms with van der Waals surface area (Å²) < 4.78 is 75.3. The van der Waals surface area contributed by atoms with Crippen LogP contribution in [0.1, 0.15) is 29.7 Å². The number of anilines is 1. The van der Waals surface area contributed by atoms with Crippen molar-refractivity contribution in [2.24, 2.45) is 10.9 Å². The summed E-state index contributed by atoms with van der Waals surface area (Å²) in [6.07, 6.45) is 3.95. The molecule has 2 aromatic carbocycles. The molecule has 0 saturated carbocycles. The Morgan fingerprint density at radius 1 is 1.15 bits per heavy atom. The number of nitrogens with zero attached hydrogens (tertiary/aromatic N) is 4. The van der Waals surface area contributed by atoms with E-state index in [0.717, 1.165) is 25.0 Å². The van der Waals surface area contributed by atoms with Crippen molar-refractivity contribution in [2.45, 2.75) is 12.8 Å². The van der Waals surface area contributed by atoms with E-state index in [0.29, 0.717) is 13.1 Å². The average Bonchev–Trinajstić information content (AvgIpc) is 2.95. The number of hydrogen-bond acceptors (Lipinski definition) is 6. The maximum Gasteiger partial charge on any atom is 0.245 e. The van der Waals surface area contributed by atoms with Crippen LogP contribution in [-0.4, -0.2) is 46.6 Å². The van der Waals surface area contributed by atoms with E-state index in [1.54, 1.807) is 4.90 Å². The fourth-order valence-electron chi connectivity index (χ4n) is 4.20. The quantitative estimate of drug-likeness (QED) is 0.161. The summed E-state index contributed by atoms with van der Waals surface area (Å²) in [7, 11) is 1.38. The van der Waals surface area contributed by atoms with Gasteiger partial charge in [-0.3, -0.25) is 9.79 Å². The van der Waals surface area contributed by atoms with Crippen molar-refractivity contribution in [2.75, 3.05) is 25.9 Å². The van der Waals surface area contributed by atoms with E-state index in [1.807, 2.05) is 0 Å². The number of piperidine rings is 1. The lowest BCUT2D eigenvalue weighted by Crippen LogP contribution is -2.38. The lowest BCUT2D eigenvalue weighted by molar-refractivity contribution is -0.127. The first kappa shape index (κ1) is 28.2. The number of hydrogen-bond donors (Lipinski definition) is 1. The van der Waals surface area contributed by atoms with Crippen molar-refractivity contribution in [3.8, 4) is 23.3 Å². The predicted molar refractivity (Wildman–Crippen MR) is 137 cm³/mol. The van der Waals surface area contributed by atoms with Crippen LogP contribution in [0.5, 0.6) is 11.5 Å². The Hall–Kier alpha value is -4.79. The van der Waals surface area contributed by atoms with Gasteiger partial charge >= 0.3 is 0 Å². The number of nitrogen functional groups attached to an aromatic ring is 1. The van der Waals surface area contributed by atoms with Crippen LogP contribution in [-0.2, 0) is 4.79 Å². The van der Waals surface area contributed by atoms with Gasteiger partial charge in [0.2, 0.25) is 23.3 Å². The molecule has 1 aliphatic heterocycles. The average molecular weight is 556 g/mol. The highest BCUT2D eigenvalue weighted by Gasteiger charge is 2.24. The lowest BCUT2D eigenvalue weighted by atomic mass is 9.97. The van der Waals surface area contributed by atoms with Crippen LogP contribution < -0.4 is 10.5 Å². The molecule has 40 heavy (non-hydrogen) atoms. The molecule has 1 fully saturated rings. The summed E-state index contributed by atoms with van der Waals surface area (Å²) >= 11 is 0. The number of carbonyl (C=O) groups excluding carboxylic acids is 1. The van der Waals surface area contributed by atoms with Gasteiger partial charge in [0.1, 0.15) is 29.4 Å². The summed E-state index contributed by atoms with van der Waals surface area (Å²) in [4.78, 5) is 25.9. The molecule has 0 bridgehead atoms. The summed E-state index contributed by atoms with van der Waals surface area (Å²) in [5.74, 6) is -3.97. The Balaban J connectivity index is 1.66. The third-order valence-corrected chi connectivity index (χ3v) is 6.13. The molecule has 3 aromatic rings. The van der Waals surface area contributed by atoms with E-state index in [-0.39, 0.29) is 46.2 Å². The Morgan fingerprint density at radius 2 is 1.88 bits per heavy atom. The third kappa shape index (κ3) is 5.78. The smallest absolute Gasteiger partial charge is 0.245 e. The van der Waals surface area contributed by atoms with Crippen LogP contribution in [0.25, 0.3) is 0 Å². The first-order valence-electron chi connectivity index (χ1n) is 12.0. The Bertz CT molecular complexity index is 1560. The minimum Gasteiger partial charge on any atom is -0.451 e. The molecule has 0 aliphatic carbocycles. The summed E-state index contributed by atoms with van der Waals surface area (Å²) in [5, 5.41) is 0. The van der Waals surface area contributed by atoms with Gasteiger partial charge in [0.05, 0.1) is 11.3 Å². The van der Waals surface area contributed by atoms with E-state index in [2.05, 4.69) is 33.4 Å². The number of carbonyl (C=O) groups is 1. The molecule has 1 aliphatic rings. The second-order valence-corrected chi connectivity index (χ2v) is 8.69. The summed E-state index contributed by atoms with van der Waals surface area (Å²) in [6.45, 7) is 4.52. The topological polar surface area (TPSA) is 93.7 Å². The summed E-state index contributed by atoms with van der Waals surface area (Å²) in [6, 6.07) is 3.11. The maximum atomic E-state index is 15.3. The molecule has 1 aromatic heterocycles. The molecule has 1 amide bonds. The van der Waals surface area contributed by atoms with Crippen molar-refractivity contribution in [3.63, 3.8) is 0 Å². The molecular weight excluding hydrogens is 533 g/mol. The summed E-state index contributed by atoms with van der Waals surface area (Å²) in [5.41, 5.74) is 6.33. The fraction of sp³-hybridized carbons (Fsp3) is 0.214. The molecule has 206 valence electrons. The molecular formula is C28H22F5N5O2. The maximum absolute atomic E-state index is 15.3. The van der Waals surface area contributed by atoms with Gasteiger partial charge in [-0.25, -0.2) is 23.1 Å². The van der Waals surface area contributed by atoms with Gasteiger partial charge in [0, 0.05) is 43.8 Å². The van der Waals surface area contributed by atoms with E-state index in [4.69, 9.17) is 10.5 Å². The predicted octanol–water partition coefficient (Wildman–Crippen LogP) is 4.79. The first-order chi connectivity index (χ1) is 19.1. The fourth-order valence-corrected chi connectivity index (χ4v) is 4.20. The van der Waals surface area contributed by atoms with Gasteiger partial charge in [-0.1, -0.05) is 12.5 Å². The van der Waals surface area contributed by atoms with Gasteiger partial charge < -0.3 is 15.4 Å². The van der Waals surface area contributed by atoms with Crippen molar-refractivity contribution < 1.29 is 31.5 Å². The monoisotopic (exact) mass is 555 g/mol. The minimum atomic E-state index is -1.77. The van der Waals surface area contributed by atoms with Gasteiger partial charge in [0.25, 0.3) is 0 Å². The minimum absolute atomic E-state index is 0.0210. The van der Waals surface area contributed by atoms with E-state index in [1.165, 1.54) is 25.5 Å². The number of amides is 1. The SMILES string of the molecule is C=CC(=O)N1CCC[C@@H](C#Cc2ncnc(N)c2C(=NC)c2ccc(Oc3c(F)c(F)cc(F)c3F)cc2F)C1. The second-order valence-electron chi connectivity index (χ2n) is 8.69. The molecule has 0 spiro atoms. The Morgan fingerprint density at radius 3 is 2.52 bits per heavy atom. The third-order valence-electron chi connectivity index (χ3n) is 6.13. The number of rotatable bonds is 5. The van der Waals surface area contributed by atoms with Gasteiger partial charge in [-0.2, -0.15) is 8.78 Å². The highest BCUT2D eigenvalue weighted by atomic mass is 19.2. The van der Waals surface area contributed by atoms with E-state index in [9.17, 15) is 22.4 Å². The highest BCUT2D eigenvalue weighted by Crippen LogP contribution is 2.32. The molecule has 1 saturated heterocycles. The van der Waals surface area contributed by atoms with Crippen LogP contribution in [0.2, 0.25) is 0 Å². The molecule has 2 N–H and O–H groups in total. The first-order valence-corrected chi connectivity index (χ1v) is 12.0. The normalized spacial score (nSPS) is 15.3. The Labute approximate surface area is 226 Å². The van der Waals surface area contributed by atoms with Crippen LogP contribution in [0.3, 0.4) is 0 Å². The molecule has 4 rings (SSSR count). The Kier molecular flexibility index (Phi) is 8.43. The molecule has 1 atom stereocenters. The van der Waals surface area contributed by atoms with Crippen molar-refractivity contribution in [1.29, 1.82) is 0 Å². The number of ether oxygens (including phenoxy) is 1. The van der Waals surface area contributed by atoms with E-state index >= 15 is 4.39 Å². The number of likely N-dealkylation sites (tertiary alicyclic amines) is 1. The van der Waals surface area contributed by atoms with Crippen LogP contribution in [0.15, 0.2) is 48.2 Å². The standard InChI is InChI=1S/C28H22F5N5O2/c1-3-22(39)38-10-4-5-15(13-38)6-9-21-23(28(34)37-14-36-21)26(35-2)17-8-7-16(11-18(17)29)40-27-24(32)19(30)12-20(31)25(27)33/h3,7-8,11-12,14-15H,1,4-5,10,13H2,2H3,(H2,34,36,37)/t15-/m0/s1. The van der Waals surface area contributed by atoms with Crippen molar-refractivity contribution in [3.05, 3.63) is 89.2 Å². The van der Waals surface area contributed by atoms with Crippen molar-refractivity contribution >= 4 is 17.4 Å². The van der Waals surface area contributed by atoms with Crippen LogP contribution in [0.4, 0.5) is 27.8 Å². The van der Waals surface area contributed by atoms with Gasteiger partial charge in [-0.05, 0) is 37.0 Å². The van der Waals surface area contributed by atoms with Crippen LogP contribution >= 0.6 is 0 Å². The zero-order valence-electron chi connectivity index (χ0n) is 21.1.